The second kappa shape index (κ2) is 14.9. The summed E-state index contributed by atoms with van der Waals surface area (Å²) in [4.78, 5) is 43.7. The number of ether oxygens (including phenoxy) is 2. The maximum atomic E-state index is 12.4. The van der Waals surface area contributed by atoms with E-state index in [-0.39, 0.29) is 24.5 Å². The molecule has 1 heterocycles. The van der Waals surface area contributed by atoms with Gasteiger partial charge in [0.05, 0.1) is 18.7 Å². The fourth-order valence-electron chi connectivity index (χ4n) is 2.88. The largest absolute Gasteiger partial charge is 0.507 e. The highest BCUT2D eigenvalue weighted by Gasteiger charge is 2.22. The van der Waals surface area contributed by atoms with Crippen molar-refractivity contribution in [1.29, 1.82) is 0 Å². The summed E-state index contributed by atoms with van der Waals surface area (Å²) >= 11 is 0. The van der Waals surface area contributed by atoms with Crippen molar-refractivity contribution >= 4 is 23.9 Å². The van der Waals surface area contributed by atoms with Crippen molar-refractivity contribution in [3.05, 3.63) is 42.2 Å². The topological polar surface area (TPSA) is 172 Å². The van der Waals surface area contributed by atoms with E-state index in [1.807, 2.05) is 0 Å². The van der Waals surface area contributed by atoms with Gasteiger partial charge in [-0.2, -0.15) is 0 Å². The molecule has 12 nitrogen and oxygen atoms in total. The number of nitrogens with one attached hydrogen (secondary N) is 3. The van der Waals surface area contributed by atoms with Crippen LogP contribution in [0.3, 0.4) is 0 Å². The molecular weight excluding hydrogens is 458 g/mol. The Morgan fingerprint density at radius 3 is 2.54 bits per heavy atom. The van der Waals surface area contributed by atoms with Crippen LogP contribution in [0.2, 0.25) is 0 Å². The fraction of sp³-hybridized carbons (Fsp3) is 0.435. The first-order valence-electron chi connectivity index (χ1n) is 11.3. The first kappa shape index (κ1) is 27.2. The molecule has 1 aromatic carbocycles. The lowest BCUT2D eigenvalue weighted by atomic mass is 10.1. The summed E-state index contributed by atoms with van der Waals surface area (Å²) < 4.78 is 10.5. The number of alkyl carbamates (subject to hydrolysis) is 1. The lowest BCUT2D eigenvalue weighted by Gasteiger charge is -2.16. The third-order valence-corrected chi connectivity index (χ3v) is 4.72. The molecule has 0 aliphatic heterocycles. The Bertz CT molecular complexity index is 959. The van der Waals surface area contributed by atoms with Gasteiger partial charge < -0.3 is 35.6 Å². The molecule has 0 unspecified atom stereocenters. The van der Waals surface area contributed by atoms with Gasteiger partial charge in [-0.1, -0.05) is 26.2 Å². The van der Waals surface area contributed by atoms with Crippen LogP contribution in [0.25, 0.3) is 0 Å². The summed E-state index contributed by atoms with van der Waals surface area (Å²) in [6, 6.07) is 4.42. The minimum Gasteiger partial charge on any atom is -0.507 e. The van der Waals surface area contributed by atoms with Gasteiger partial charge in [0.25, 0.3) is 5.91 Å². The average Bonchev–Trinajstić information content (AvgIpc) is 2.84. The molecule has 2 aromatic rings. The number of anilines is 1. The second-order valence-corrected chi connectivity index (χ2v) is 7.47. The van der Waals surface area contributed by atoms with Crippen LogP contribution in [0.4, 0.5) is 10.7 Å². The number of benzene rings is 1. The van der Waals surface area contributed by atoms with E-state index in [0.29, 0.717) is 24.7 Å². The number of carbonyl (C=O) groups excluding carboxylic acids is 2. The van der Waals surface area contributed by atoms with Gasteiger partial charge in [-0.25, -0.2) is 19.6 Å². The molecule has 0 aliphatic rings. The lowest BCUT2D eigenvalue weighted by molar-refractivity contribution is -0.139. The summed E-state index contributed by atoms with van der Waals surface area (Å²) in [6.07, 6.45) is 6.00. The van der Waals surface area contributed by atoms with Crippen LogP contribution in [0.5, 0.6) is 11.5 Å². The Labute approximate surface area is 203 Å². The zero-order valence-corrected chi connectivity index (χ0v) is 19.5. The van der Waals surface area contributed by atoms with Gasteiger partial charge in [-0.3, -0.25) is 4.79 Å². The molecule has 0 aliphatic carbocycles. The average molecular weight is 490 g/mol. The van der Waals surface area contributed by atoms with Gasteiger partial charge >= 0.3 is 12.1 Å². The van der Waals surface area contributed by atoms with Crippen LogP contribution >= 0.6 is 0 Å². The SMILES string of the molecule is CCCCCCOC(=O)N[C@@H](CNC(=O)c1ccc(OCCNc2ncccn2)cc1O)C(=O)O. The van der Waals surface area contributed by atoms with Crippen molar-refractivity contribution in [3.63, 3.8) is 0 Å². The van der Waals surface area contributed by atoms with E-state index >= 15 is 0 Å². The molecule has 1 aromatic heterocycles. The van der Waals surface area contributed by atoms with Crippen molar-refractivity contribution in [1.82, 2.24) is 20.6 Å². The number of hydrogen-bond acceptors (Lipinski definition) is 9. The van der Waals surface area contributed by atoms with Gasteiger partial charge in [0.15, 0.2) is 0 Å². The predicted molar refractivity (Wildman–Crippen MR) is 127 cm³/mol. The van der Waals surface area contributed by atoms with Gasteiger partial charge in [0.2, 0.25) is 5.95 Å². The molecule has 0 radical (unpaired) electrons. The maximum Gasteiger partial charge on any atom is 0.407 e. The highest BCUT2D eigenvalue weighted by atomic mass is 16.5. The van der Waals surface area contributed by atoms with E-state index < -0.39 is 30.6 Å². The highest BCUT2D eigenvalue weighted by molar-refractivity contribution is 5.97. The number of carboxylic acid groups (broad SMARTS) is 1. The van der Waals surface area contributed by atoms with Crippen LogP contribution in [0.1, 0.15) is 43.0 Å². The second-order valence-electron chi connectivity index (χ2n) is 7.47. The Morgan fingerprint density at radius 1 is 1.09 bits per heavy atom. The summed E-state index contributed by atoms with van der Waals surface area (Å²) in [6.45, 7) is 2.51. The van der Waals surface area contributed by atoms with Gasteiger partial charge in [0.1, 0.15) is 24.1 Å². The van der Waals surface area contributed by atoms with Crippen LogP contribution in [-0.4, -0.2) is 70.5 Å². The number of nitrogens with zero attached hydrogens (tertiary/aromatic N) is 2. The molecule has 0 spiro atoms. The highest BCUT2D eigenvalue weighted by Crippen LogP contribution is 2.23. The molecule has 12 heteroatoms. The normalized spacial score (nSPS) is 11.2. The number of aliphatic carboxylic acids is 1. The number of rotatable bonds is 15. The van der Waals surface area contributed by atoms with Crippen molar-refractivity contribution in [2.24, 2.45) is 0 Å². The number of hydrogen-bond donors (Lipinski definition) is 5. The maximum absolute atomic E-state index is 12.4. The first-order valence-corrected chi connectivity index (χ1v) is 11.3. The monoisotopic (exact) mass is 489 g/mol. The molecular formula is C23H31N5O7. The molecule has 2 rings (SSSR count). The van der Waals surface area contributed by atoms with Gasteiger partial charge in [-0.05, 0) is 24.6 Å². The predicted octanol–water partition coefficient (Wildman–Crippen LogP) is 2.16. The molecule has 5 N–H and O–H groups in total. The van der Waals surface area contributed by atoms with E-state index in [0.717, 1.165) is 19.3 Å². The van der Waals surface area contributed by atoms with E-state index in [2.05, 4.69) is 32.8 Å². The molecule has 190 valence electrons. The van der Waals surface area contributed by atoms with E-state index in [1.165, 1.54) is 18.2 Å². The zero-order valence-electron chi connectivity index (χ0n) is 19.5. The quantitative estimate of drug-likeness (QED) is 0.233. The molecule has 0 saturated carbocycles. The van der Waals surface area contributed by atoms with Crippen LogP contribution in [0.15, 0.2) is 36.7 Å². The van der Waals surface area contributed by atoms with Gasteiger partial charge in [0, 0.05) is 25.0 Å². The number of phenolic OH excluding ortho intramolecular Hbond substituents is 1. The number of carbonyl (C=O) groups is 3. The number of aromatic nitrogens is 2. The number of phenols is 1. The number of carboxylic acids is 1. The molecule has 0 fully saturated rings. The Balaban J connectivity index is 1.78. The van der Waals surface area contributed by atoms with E-state index in [4.69, 9.17) is 9.47 Å². The molecule has 35 heavy (non-hydrogen) atoms. The molecule has 0 saturated heterocycles. The zero-order chi connectivity index (χ0) is 25.5. The van der Waals surface area contributed by atoms with E-state index in [1.54, 1.807) is 18.5 Å². The third-order valence-electron chi connectivity index (χ3n) is 4.72. The first-order chi connectivity index (χ1) is 16.9. The summed E-state index contributed by atoms with van der Waals surface area (Å²) in [5.41, 5.74) is -0.0733. The number of unbranched alkanes of at least 4 members (excludes halogenated alkanes) is 3. The Morgan fingerprint density at radius 2 is 1.86 bits per heavy atom. The van der Waals surface area contributed by atoms with Crippen molar-refractivity contribution in [2.75, 3.05) is 31.6 Å². The van der Waals surface area contributed by atoms with Crippen molar-refractivity contribution < 1.29 is 34.1 Å². The number of amides is 2. The molecule has 2 amide bonds. The van der Waals surface area contributed by atoms with Crippen molar-refractivity contribution in [2.45, 2.75) is 38.6 Å². The van der Waals surface area contributed by atoms with Crippen LogP contribution in [-0.2, 0) is 9.53 Å². The smallest absolute Gasteiger partial charge is 0.407 e. The Hall–Kier alpha value is -4.09. The van der Waals surface area contributed by atoms with Crippen LogP contribution < -0.4 is 20.7 Å². The molecule has 1 atom stereocenters. The summed E-state index contributed by atoms with van der Waals surface area (Å²) in [5, 5.41) is 27.1. The third kappa shape index (κ3) is 10.2. The molecule has 0 bridgehead atoms. The van der Waals surface area contributed by atoms with E-state index in [9.17, 15) is 24.6 Å². The minimum atomic E-state index is -1.40. The van der Waals surface area contributed by atoms with Gasteiger partial charge in [-0.15, -0.1) is 0 Å². The minimum absolute atomic E-state index is 0.0733. The Kier molecular flexibility index (Phi) is 11.6. The van der Waals surface area contributed by atoms with Crippen LogP contribution in [0, 0.1) is 0 Å². The summed E-state index contributed by atoms with van der Waals surface area (Å²) in [7, 11) is 0. The lowest BCUT2D eigenvalue weighted by Crippen LogP contribution is -2.48. The number of aromatic hydroxyl groups is 1. The van der Waals surface area contributed by atoms with Crippen molar-refractivity contribution in [3.8, 4) is 11.5 Å². The summed E-state index contributed by atoms with van der Waals surface area (Å²) in [5.74, 6) is -1.60. The standard InChI is InChI=1S/C23H31N5O7/c1-2-3-4-5-12-35-23(33)28-18(21(31)32)15-27-20(30)17-8-7-16(14-19(17)29)34-13-11-26-22-24-9-6-10-25-22/h6-10,14,18,29H,2-5,11-13,15H2,1H3,(H,27,30)(H,28,33)(H,31,32)(H,24,25,26)/t18-/m0/s1. The fourth-order valence-corrected chi connectivity index (χ4v) is 2.88.